The molecule has 4 atom stereocenters. The Hall–Kier alpha value is -1.02. The van der Waals surface area contributed by atoms with E-state index < -0.39 is 35.7 Å². The fraction of sp³-hybridized carbons (Fsp3) is 0.750. The van der Waals surface area contributed by atoms with Gasteiger partial charge in [-0.05, 0) is 13.8 Å². The number of aliphatic hydroxyl groups is 4. The number of Topliss-reactive ketones (excluding diaryl/α,β-unsaturated/α-hetero) is 1. The second kappa shape index (κ2) is 4.67. The summed E-state index contributed by atoms with van der Waals surface area (Å²) in [6.07, 6.45) is -6.51. The predicted molar refractivity (Wildman–Crippen MR) is 47.0 cm³/mol. The van der Waals surface area contributed by atoms with Crippen LogP contribution in [-0.4, -0.2) is 61.2 Å². The van der Waals surface area contributed by atoms with Gasteiger partial charge in [-0.2, -0.15) is 0 Å². The number of carboxylic acid groups (broad SMARTS) is 1. The maximum Gasteiger partial charge on any atom is 0.335 e. The number of hydrogen-bond donors (Lipinski definition) is 5. The van der Waals surface area contributed by atoms with Crippen LogP contribution in [0.3, 0.4) is 0 Å². The first-order valence-electron chi connectivity index (χ1n) is 4.12. The smallest absolute Gasteiger partial charge is 0.335 e. The van der Waals surface area contributed by atoms with Crippen molar-refractivity contribution in [3.05, 3.63) is 0 Å². The predicted octanol–water partition coefficient (Wildman–Crippen LogP) is -2.51. The van der Waals surface area contributed by atoms with E-state index in [-0.39, 0.29) is 0 Å². The number of carboxylic acids is 1. The average Bonchev–Trinajstić information content (AvgIpc) is 2.13. The maximum absolute atomic E-state index is 10.9. The number of carbonyl (C=O) groups excluding carboxylic acids is 1. The molecule has 7 nitrogen and oxygen atoms in total. The van der Waals surface area contributed by atoms with Crippen LogP contribution in [0.1, 0.15) is 13.8 Å². The minimum Gasteiger partial charge on any atom is -0.479 e. The zero-order valence-electron chi connectivity index (χ0n) is 8.28. The summed E-state index contributed by atoms with van der Waals surface area (Å²) in [5, 5.41) is 45.0. The Bertz CT molecular complexity index is 260. The molecule has 0 unspecified atom stereocenters. The van der Waals surface area contributed by atoms with Crippen molar-refractivity contribution in [3.63, 3.8) is 0 Å². The topological polar surface area (TPSA) is 135 Å². The van der Waals surface area contributed by atoms with Gasteiger partial charge >= 0.3 is 5.97 Å². The molecule has 0 aliphatic carbocycles. The minimum atomic E-state index is -2.31. The summed E-state index contributed by atoms with van der Waals surface area (Å²) in [6.45, 7) is 1.88. The average molecular weight is 222 g/mol. The number of ketones is 1. The first-order chi connectivity index (χ1) is 6.62. The van der Waals surface area contributed by atoms with Crippen molar-refractivity contribution in [1.82, 2.24) is 0 Å². The van der Waals surface area contributed by atoms with Crippen molar-refractivity contribution in [2.75, 3.05) is 0 Å². The summed E-state index contributed by atoms with van der Waals surface area (Å²) in [7, 11) is 0. The molecule has 0 aromatic carbocycles. The van der Waals surface area contributed by atoms with Crippen LogP contribution < -0.4 is 0 Å². The van der Waals surface area contributed by atoms with E-state index in [0.29, 0.717) is 0 Å². The van der Waals surface area contributed by atoms with Gasteiger partial charge in [-0.1, -0.05) is 0 Å². The molecule has 0 bridgehead atoms. The lowest BCUT2D eigenvalue weighted by Gasteiger charge is -2.30. The molecule has 15 heavy (non-hydrogen) atoms. The minimum absolute atomic E-state index is 0.855. The van der Waals surface area contributed by atoms with E-state index >= 15 is 0 Å². The molecule has 0 aromatic rings. The summed E-state index contributed by atoms with van der Waals surface area (Å²) >= 11 is 0. The Balaban J connectivity index is 4.78. The van der Waals surface area contributed by atoms with Crippen LogP contribution >= 0.6 is 0 Å². The molecule has 5 N–H and O–H groups in total. The van der Waals surface area contributed by atoms with Crippen LogP contribution in [0.2, 0.25) is 0 Å². The summed E-state index contributed by atoms with van der Waals surface area (Å²) in [6, 6.07) is 0. The lowest BCUT2D eigenvalue weighted by molar-refractivity contribution is -0.177. The third-order valence-electron chi connectivity index (χ3n) is 2.19. The van der Waals surface area contributed by atoms with Crippen molar-refractivity contribution in [1.29, 1.82) is 0 Å². The molecule has 0 heterocycles. The van der Waals surface area contributed by atoms with E-state index in [1.54, 1.807) is 0 Å². The van der Waals surface area contributed by atoms with Crippen LogP contribution in [-0.2, 0) is 9.59 Å². The van der Waals surface area contributed by atoms with Gasteiger partial charge < -0.3 is 25.5 Å². The Morgan fingerprint density at radius 1 is 1.20 bits per heavy atom. The second-order valence-corrected chi connectivity index (χ2v) is 3.42. The van der Waals surface area contributed by atoms with E-state index in [4.69, 9.17) is 15.3 Å². The lowest BCUT2D eigenvalue weighted by atomic mass is 9.89. The Labute approximate surface area is 85.6 Å². The number of aliphatic carboxylic acids is 1. The largest absolute Gasteiger partial charge is 0.479 e. The fourth-order valence-electron chi connectivity index (χ4n) is 0.860. The molecule has 0 amide bonds. The maximum atomic E-state index is 10.9. The van der Waals surface area contributed by atoms with Gasteiger partial charge in [-0.3, -0.25) is 4.79 Å². The second-order valence-electron chi connectivity index (χ2n) is 3.42. The third kappa shape index (κ3) is 2.96. The van der Waals surface area contributed by atoms with Crippen LogP contribution in [0.5, 0.6) is 0 Å². The van der Waals surface area contributed by atoms with Crippen LogP contribution in [0.15, 0.2) is 0 Å². The fourth-order valence-corrected chi connectivity index (χ4v) is 0.860. The van der Waals surface area contributed by atoms with Crippen molar-refractivity contribution in [2.45, 2.75) is 37.8 Å². The van der Waals surface area contributed by atoms with Crippen LogP contribution in [0.4, 0.5) is 0 Å². The highest BCUT2D eigenvalue weighted by Crippen LogP contribution is 2.16. The summed E-state index contributed by atoms with van der Waals surface area (Å²) in [4.78, 5) is 21.1. The lowest BCUT2D eigenvalue weighted by Crippen LogP contribution is -2.56. The van der Waals surface area contributed by atoms with Gasteiger partial charge in [0.25, 0.3) is 0 Å². The number of carbonyl (C=O) groups is 2. The Morgan fingerprint density at radius 2 is 1.60 bits per heavy atom. The SMILES string of the molecule is CC(=O)[C@](C)(O)[C@@H](O)[C@H](O)[C@H](O)C(=O)O. The molecule has 88 valence electrons. The first kappa shape index (κ1) is 14.0. The molecule has 0 radical (unpaired) electrons. The molecule has 0 aliphatic rings. The molecular formula is C8H14O7. The Morgan fingerprint density at radius 3 is 1.87 bits per heavy atom. The van der Waals surface area contributed by atoms with E-state index in [1.165, 1.54) is 0 Å². The molecule has 0 rings (SSSR count). The summed E-state index contributed by atoms with van der Waals surface area (Å²) < 4.78 is 0. The molecule has 7 heteroatoms. The standard InChI is InChI=1S/C8H14O7/c1-3(9)8(2,15)6(12)4(10)5(11)7(13)14/h4-6,10-12,15H,1-2H3,(H,13,14)/t4-,5+,6+,8+/m1/s1. The van der Waals surface area contributed by atoms with Gasteiger partial charge in [0.15, 0.2) is 11.9 Å². The van der Waals surface area contributed by atoms with Crippen molar-refractivity contribution < 1.29 is 35.1 Å². The zero-order valence-corrected chi connectivity index (χ0v) is 8.28. The van der Waals surface area contributed by atoms with Crippen LogP contribution in [0, 0.1) is 0 Å². The summed E-state index contributed by atoms with van der Waals surface area (Å²) in [5.41, 5.74) is -2.31. The zero-order chi connectivity index (χ0) is 12.4. The van der Waals surface area contributed by atoms with E-state index in [0.717, 1.165) is 13.8 Å². The molecule has 0 spiro atoms. The molecule has 0 aromatic heterocycles. The van der Waals surface area contributed by atoms with Gasteiger partial charge in [0.05, 0.1) is 0 Å². The number of rotatable bonds is 5. The molecule has 0 fully saturated rings. The number of hydrogen-bond acceptors (Lipinski definition) is 6. The normalized spacial score (nSPS) is 21.2. The van der Waals surface area contributed by atoms with E-state index in [9.17, 15) is 19.8 Å². The van der Waals surface area contributed by atoms with Gasteiger partial charge in [0.1, 0.15) is 17.8 Å². The van der Waals surface area contributed by atoms with Gasteiger partial charge in [-0.15, -0.1) is 0 Å². The molecule has 0 aliphatic heterocycles. The van der Waals surface area contributed by atoms with E-state index in [1.807, 2.05) is 0 Å². The highest BCUT2D eigenvalue weighted by Gasteiger charge is 2.44. The quantitative estimate of drug-likeness (QED) is 0.346. The monoisotopic (exact) mass is 222 g/mol. The third-order valence-corrected chi connectivity index (χ3v) is 2.19. The highest BCUT2D eigenvalue weighted by atomic mass is 16.4. The molecule has 0 saturated heterocycles. The molecular weight excluding hydrogens is 208 g/mol. The van der Waals surface area contributed by atoms with Crippen molar-refractivity contribution in [3.8, 4) is 0 Å². The van der Waals surface area contributed by atoms with Gasteiger partial charge in [-0.25, -0.2) is 4.79 Å². The van der Waals surface area contributed by atoms with Crippen molar-refractivity contribution >= 4 is 11.8 Å². The van der Waals surface area contributed by atoms with Gasteiger partial charge in [0.2, 0.25) is 0 Å². The van der Waals surface area contributed by atoms with E-state index in [2.05, 4.69) is 0 Å². The first-order valence-corrected chi connectivity index (χ1v) is 4.12. The van der Waals surface area contributed by atoms with Crippen LogP contribution in [0.25, 0.3) is 0 Å². The number of aliphatic hydroxyl groups excluding tert-OH is 3. The van der Waals surface area contributed by atoms with Gasteiger partial charge in [0, 0.05) is 0 Å². The summed E-state index contributed by atoms with van der Waals surface area (Å²) in [5.74, 6) is -2.62. The Kier molecular flexibility index (Phi) is 4.35. The van der Waals surface area contributed by atoms with Crippen molar-refractivity contribution in [2.24, 2.45) is 0 Å². The highest BCUT2D eigenvalue weighted by molar-refractivity contribution is 5.85. The molecule has 0 saturated carbocycles.